The fourth-order valence-electron chi connectivity index (χ4n) is 1.42. The van der Waals surface area contributed by atoms with E-state index in [1.165, 1.54) is 0 Å². The van der Waals surface area contributed by atoms with Crippen LogP contribution in [0.2, 0.25) is 0 Å². The number of fused-ring (bicyclic) bond motifs is 1. The van der Waals surface area contributed by atoms with Crippen molar-refractivity contribution in [2.24, 2.45) is 7.05 Å². The van der Waals surface area contributed by atoms with Crippen LogP contribution in [0.3, 0.4) is 0 Å². The molecule has 0 N–H and O–H groups in total. The van der Waals surface area contributed by atoms with Crippen molar-refractivity contribution in [3.05, 3.63) is 24.0 Å². The molecule has 2 rings (SSSR count). The Balaban J connectivity index is 2.75. The summed E-state index contributed by atoms with van der Waals surface area (Å²) in [5.41, 5.74) is 2.12. The van der Waals surface area contributed by atoms with Gasteiger partial charge in [-0.25, -0.2) is 4.98 Å². The van der Waals surface area contributed by atoms with E-state index in [2.05, 4.69) is 9.55 Å². The molecule has 0 fully saturated rings. The number of aromatic nitrogens is 2. The quantitative estimate of drug-likeness (QED) is 0.663. The predicted molar refractivity (Wildman–Crippen MR) is 52.0 cm³/mol. The molecule has 0 spiro atoms. The van der Waals surface area contributed by atoms with Crippen molar-refractivity contribution in [3.63, 3.8) is 0 Å². The van der Waals surface area contributed by atoms with Gasteiger partial charge < -0.3 is 9.30 Å². The number of methoxy groups -OCH3 is 1. The molecular weight excluding hydrogens is 164 g/mol. The summed E-state index contributed by atoms with van der Waals surface area (Å²) in [7, 11) is 3.68. The van der Waals surface area contributed by atoms with Gasteiger partial charge in [0, 0.05) is 13.1 Å². The molecule has 1 aromatic carbocycles. The molecule has 0 bridgehead atoms. The second-order valence-electron chi connectivity index (χ2n) is 3.07. The number of hydrogen-bond donors (Lipinski definition) is 0. The smallest absolute Gasteiger partial charge is 0.121 e. The van der Waals surface area contributed by atoms with E-state index in [1.807, 2.05) is 32.2 Å². The van der Waals surface area contributed by atoms with Gasteiger partial charge in [-0.05, 0) is 19.1 Å². The summed E-state index contributed by atoms with van der Waals surface area (Å²) in [4.78, 5) is 4.40. The standard InChI is InChI=1S/C10H12N2O/c1-7-11-9-5-4-8(13-3)6-10(9)12(7)2/h4-6H,1-3H3. The molecule has 0 aliphatic carbocycles. The molecular formula is C10H12N2O. The van der Waals surface area contributed by atoms with Gasteiger partial charge >= 0.3 is 0 Å². The lowest BCUT2D eigenvalue weighted by Gasteiger charge is -2.00. The maximum absolute atomic E-state index is 5.15. The Morgan fingerprint density at radius 2 is 2.15 bits per heavy atom. The van der Waals surface area contributed by atoms with Crippen LogP contribution >= 0.6 is 0 Å². The Labute approximate surface area is 77.0 Å². The largest absolute Gasteiger partial charge is 0.497 e. The molecule has 0 atom stereocenters. The fourth-order valence-corrected chi connectivity index (χ4v) is 1.42. The second-order valence-corrected chi connectivity index (χ2v) is 3.07. The van der Waals surface area contributed by atoms with Crippen LogP contribution in [0.5, 0.6) is 5.75 Å². The van der Waals surface area contributed by atoms with Crippen molar-refractivity contribution in [1.82, 2.24) is 9.55 Å². The highest BCUT2D eigenvalue weighted by molar-refractivity contribution is 5.77. The van der Waals surface area contributed by atoms with Crippen LogP contribution in [0.1, 0.15) is 5.82 Å². The maximum Gasteiger partial charge on any atom is 0.121 e. The Morgan fingerprint density at radius 3 is 2.85 bits per heavy atom. The molecule has 2 aromatic rings. The molecule has 1 heterocycles. The number of nitrogens with zero attached hydrogens (tertiary/aromatic N) is 2. The highest BCUT2D eigenvalue weighted by atomic mass is 16.5. The first-order valence-corrected chi connectivity index (χ1v) is 4.19. The van der Waals surface area contributed by atoms with E-state index in [0.717, 1.165) is 22.6 Å². The van der Waals surface area contributed by atoms with E-state index in [1.54, 1.807) is 7.11 Å². The first-order chi connectivity index (χ1) is 6.22. The van der Waals surface area contributed by atoms with Crippen LogP contribution in [0.15, 0.2) is 18.2 Å². The minimum Gasteiger partial charge on any atom is -0.497 e. The number of rotatable bonds is 1. The molecule has 0 aliphatic heterocycles. The zero-order chi connectivity index (χ0) is 9.42. The van der Waals surface area contributed by atoms with Gasteiger partial charge in [-0.1, -0.05) is 0 Å². The molecule has 13 heavy (non-hydrogen) atoms. The molecule has 0 radical (unpaired) electrons. The highest BCUT2D eigenvalue weighted by Crippen LogP contribution is 2.20. The Kier molecular flexibility index (Phi) is 1.72. The molecule has 0 saturated heterocycles. The third kappa shape index (κ3) is 1.16. The molecule has 1 aromatic heterocycles. The summed E-state index contributed by atoms with van der Waals surface area (Å²) in [6.45, 7) is 1.99. The van der Waals surface area contributed by atoms with Crippen molar-refractivity contribution in [2.45, 2.75) is 6.92 Å². The summed E-state index contributed by atoms with van der Waals surface area (Å²) in [5.74, 6) is 1.89. The number of hydrogen-bond acceptors (Lipinski definition) is 2. The first kappa shape index (κ1) is 8.10. The predicted octanol–water partition coefficient (Wildman–Crippen LogP) is 1.89. The topological polar surface area (TPSA) is 27.1 Å². The van der Waals surface area contributed by atoms with Crippen molar-refractivity contribution in [3.8, 4) is 5.75 Å². The molecule has 0 unspecified atom stereocenters. The average Bonchev–Trinajstić information content (AvgIpc) is 2.43. The van der Waals surface area contributed by atoms with E-state index >= 15 is 0 Å². The van der Waals surface area contributed by atoms with Gasteiger partial charge in [-0.2, -0.15) is 0 Å². The minimum absolute atomic E-state index is 0.871. The monoisotopic (exact) mass is 176 g/mol. The van der Waals surface area contributed by atoms with Crippen LogP contribution in [0, 0.1) is 6.92 Å². The van der Waals surface area contributed by atoms with Gasteiger partial charge in [-0.15, -0.1) is 0 Å². The van der Waals surface area contributed by atoms with Gasteiger partial charge in [0.2, 0.25) is 0 Å². The summed E-state index contributed by atoms with van der Waals surface area (Å²) >= 11 is 0. The second kappa shape index (κ2) is 2.76. The SMILES string of the molecule is COc1ccc2nc(C)n(C)c2c1. The van der Waals surface area contributed by atoms with Crippen molar-refractivity contribution < 1.29 is 4.74 Å². The zero-order valence-electron chi connectivity index (χ0n) is 8.03. The Morgan fingerprint density at radius 1 is 1.38 bits per heavy atom. The molecule has 0 saturated carbocycles. The van der Waals surface area contributed by atoms with Crippen LogP contribution in [0.25, 0.3) is 11.0 Å². The van der Waals surface area contributed by atoms with Crippen LogP contribution in [0.4, 0.5) is 0 Å². The number of benzene rings is 1. The molecule has 68 valence electrons. The van der Waals surface area contributed by atoms with E-state index in [-0.39, 0.29) is 0 Å². The zero-order valence-corrected chi connectivity index (χ0v) is 8.03. The average molecular weight is 176 g/mol. The van der Waals surface area contributed by atoms with Crippen LogP contribution in [-0.2, 0) is 7.05 Å². The lowest BCUT2D eigenvalue weighted by Crippen LogP contribution is -1.90. The normalized spacial score (nSPS) is 10.7. The molecule has 3 heteroatoms. The third-order valence-electron chi connectivity index (χ3n) is 2.31. The van der Waals surface area contributed by atoms with Gasteiger partial charge in [0.15, 0.2) is 0 Å². The lowest BCUT2D eigenvalue weighted by atomic mass is 10.3. The summed E-state index contributed by atoms with van der Waals surface area (Å²) in [6.07, 6.45) is 0. The number of imidazole rings is 1. The number of ether oxygens (including phenoxy) is 1. The summed E-state index contributed by atoms with van der Waals surface area (Å²) in [5, 5.41) is 0. The van der Waals surface area contributed by atoms with Gasteiger partial charge in [0.1, 0.15) is 11.6 Å². The summed E-state index contributed by atoms with van der Waals surface area (Å²) < 4.78 is 7.20. The van der Waals surface area contributed by atoms with E-state index in [9.17, 15) is 0 Å². The molecule has 0 aliphatic rings. The Hall–Kier alpha value is -1.51. The maximum atomic E-state index is 5.15. The minimum atomic E-state index is 0.871. The Bertz CT molecular complexity index is 445. The van der Waals surface area contributed by atoms with E-state index in [4.69, 9.17) is 4.74 Å². The van der Waals surface area contributed by atoms with Crippen LogP contribution < -0.4 is 4.74 Å². The fraction of sp³-hybridized carbons (Fsp3) is 0.300. The van der Waals surface area contributed by atoms with Gasteiger partial charge in [-0.3, -0.25) is 0 Å². The molecule has 0 amide bonds. The van der Waals surface area contributed by atoms with Gasteiger partial charge in [0.25, 0.3) is 0 Å². The van der Waals surface area contributed by atoms with Crippen molar-refractivity contribution >= 4 is 11.0 Å². The van der Waals surface area contributed by atoms with Gasteiger partial charge in [0.05, 0.1) is 18.1 Å². The summed E-state index contributed by atoms with van der Waals surface area (Å²) in [6, 6.07) is 5.89. The van der Waals surface area contributed by atoms with Crippen LogP contribution in [-0.4, -0.2) is 16.7 Å². The highest BCUT2D eigenvalue weighted by Gasteiger charge is 2.04. The third-order valence-corrected chi connectivity index (χ3v) is 2.31. The van der Waals surface area contributed by atoms with E-state index in [0.29, 0.717) is 0 Å². The number of aryl methyl sites for hydroxylation is 2. The molecule has 3 nitrogen and oxygen atoms in total. The van der Waals surface area contributed by atoms with Crippen molar-refractivity contribution in [2.75, 3.05) is 7.11 Å². The van der Waals surface area contributed by atoms with Crippen molar-refractivity contribution in [1.29, 1.82) is 0 Å². The lowest BCUT2D eigenvalue weighted by molar-refractivity contribution is 0.415. The van der Waals surface area contributed by atoms with E-state index < -0.39 is 0 Å². The first-order valence-electron chi connectivity index (χ1n) is 4.19.